The van der Waals surface area contributed by atoms with Crippen molar-refractivity contribution in [3.8, 4) is 0 Å². The monoisotopic (exact) mass is 253 g/mol. The lowest BCUT2D eigenvalue weighted by Gasteiger charge is -2.43. The Hall–Kier alpha value is -0.960. The van der Waals surface area contributed by atoms with Crippen LogP contribution in [-0.2, 0) is 19.4 Å². The summed E-state index contributed by atoms with van der Waals surface area (Å²) in [5.74, 6) is -1.75. The fourth-order valence-electron chi connectivity index (χ4n) is 1.18. The molecule has 0 aliphatic heterocycles. The van der Waals surface area contributed by atoms with Gasteiger partial charge in [0.05, 0.1) is 27.6 Å². The van der Waals surface area contributed by atoms with E-state index in [1.165, 1.54) is 27.2 Å². The van der Waals surface area contributed by atoms with Crippen LogP contribution in [0.5, 0.6) is 0 Å². The van der Waals surface area contributed by atoms with E-state index >= 15 is 0 Å². The summed E-state index contributed by atoms with van der Waals surface area (Å²) >= 11 is 0. The van der Waals surface area contributed by atoms with Crippen molar-refractivity contribution in [1.82, 2.24) is 0 Å². The molecule has 0 saturated heterocycles. The van der Waals surface area contributed by atoms with E-state index in [9.17, 15) is 18.3 Å². The number of rotatable bonds is 6. The van der Waals surface area contributed by atoms with Gasteiger partial charge >= 0.3 is 10.4 Å². The Morgan fingerprint density at radius 1 is 1.56 bits per heavy atom. The van der Waals surface area contributed by atoms with E-state index in [-0.39, 0.29) is 6.42 Å². The first-order valence-corrected chi connectivity index (χ1v) is 5.65. The molecule has 1 unspecified atom stereocenters. The van der Waals surface area contributed by atoms with E-state index < -0.39 is 26.6 Å². The lowest BCUT2D eigenvalue weighted by molar-refractivity contribution is -0.937. The highest BCUT2D eigenvalue weighted by Crippen LogP contribution is 2.26. The summed E-state index contributed by atoms with van der Waals surface area (Å²) in [6.07, 6.45) is 0.836. The summed E-state index contributed by atoms with van der Waals surface area (Å²) in [5, 5.41) is 11.1. The van der Waals surface area contributed by atoms with Gasteiger partial charge < -0.3 is 9.90 Å². The second kappa shape index (κ2) is 4.50. The molecule has 0 aromatic heterocycles. The van der Waals surface area contributed by atoms with E-state index in [1.54, 1.807) is 0 Å². The first kappa shape index (κ1) is 15.0. The first-order valence-electron chi connectivity index (χ1n) is 4.28. The third-order valence-electron chi connectivity index (χ3n) is 2.07. The van der Waals surface area contributed by atoms with E-state index in [4.69, 9.17) is 4.55 Å². The number of carbonyl (C=O) groups excluding carboxylic acids is 1. The molecule has 0 bridgehead atoms. The zero-order valence-electron chi connectivity index (χ0n) is 9.34. The molecular weight excluding hydrogens is 238 g/mol. The van der Waals surface area contributed by atoms with Crippen molar-refractivity contribution in [3.63, 3.8) is 0 Å². The number of nitrogens with zero attached hydrogens (tertiary/aromatic N) is 1. The van der Waals surface area contributed by atoms with Crippen LogP contribution < -0.4 is 5.11 Å². The van der Waals surface area contributed by atoms with Gasteiger partial charge in [-0.15, -0.1) is 6.58 Å². The number of likely N-dealkylation sites (N-methyl/N-ethyl adjacent to an activating group) is 1. The van der Waals surface area contributed by atoms with E-state index in [0.29, 0.717) is 0 Å². The molecule has 0 radical (unpaired) electrons. The molecule has 7 nitrogen and oxygen atoms in total. The molecule has 0 rings (SSSR count). The molecule has 0 fully saturated rings. The summed E-state index contributed by atoms with van der Waals surface area (Å²) in [7, 11) is -0.736. The van der Waals surface area contributed by atoms with Gasteiger partial charge in [0.1, 0.15) is 5.97 Å². The zero-order chi connectivity index (χ0) is 13.2. The maximum Gasteiger partial charge on any atom is 0.402 e. The predicted octanol–water partition coefficient (Wildman–Crippen LogP) is -1.47. The Labute approximate surface area is 94.5 Å². The van der Waals surface area contributed by atoms with Crippen molar-refractivity contribution in [2.75, 3.05) is 21.1 Å². The summed E-state index contributed by atoms with van der Waals surface area (Å²) in [6.45, 7) is 3.31. The van der Waals surface area contributed by atoms with E-state index in [1.807, 2.05) is 0 Å². The molecule has 0 aromatic rings. The average molecular weight is 253 g/mol. The van der Waals surface area contributed by atoms with Crippen LogP contribution in [0.2, 0.25) is 0 Å². The van der Waals surface area contributed by atoms with Gasteiger partial charge in [0, 0.05) is 0 Å². The summed E-state index contributed by atoms with van der Waals surface area (Å²) in [4.78, 5) is 11.1. The average Bonchev–Trinajstić information content (AvgIpc) is 1.98. The molecular formula is C8H15NO6S. The molecule has 0 saturated carbocycles. The minimum atomic E-state index is -4.92. The number of aliphatic carboxylic acids is 1. The second-order valence-electron chi connectivity index (χ2n) is 4.09. The Morgan fingerprint density at radius 2 is 2.00 bits per heavy atom. The topological polar surface area (TPSA) is 104 Å². The highest BCUT2D eigenvalue weighted by atomic mass is 32.3. The van der Waals surface area contributed by atoms with E-state index in [2.05, 4.69) is 10.8 Å². The third-order valence-corrected chi connectivity index (χ3v) is 2.55. The lowest BCUT2D eigenvalue weighted by Crippen LogP contribution is -2.67. The molecule has 0 aromatic carbocycles. The number of hydrogen-bond donors (Lipinski definition) is 1. The molecule has 0 spiro atoms. The van der Waals surface area contributed by atoms with Gasteiger partial charge in [0.25, 0.3) is 5.72 Å². The van der Waals surface area contributed by atoms with Crippen LogP contribution in [0.4, 0.5) is 0 Å². The molecule has 94 valence electrons. The number of hydrogen-bond acceptors (Lipinski definition) is 5. The Bertz CT molecular complexity index is 382. The van der Waals surface area contributed by atoms with Gasteiger partial charge in [-0.25, -0.2) is 0 Å². The number of quaternary nitrogens is 1. The standard InChI is InChI=1S/C8H15NO6S/c1-5-6-8(7(10)11,9(2,3)4)15-16(12,13)14/h5H,1,6H2,2-4H3,(H-,10,11,12,13,14). The van der Waals surface area contributed by atoms with Gasteiger partial charge in [-0.3, -0.25) is 9.04 Å². The van der Waals surface area contributed by atoms with Crippen molar-refractivity contribution in [2.24, 2.45) is 0 Å². The summed E-state index contributed by atoms with van der Waals surface area (Å²) in [5.41, 5.74) is -2.24. The van der Waals surface area contributed by atoms with Gasteiger partial charge in [-0.05, 0) is 0 Å². The fraction of sp³-hybridized carbons (Fsp3) is 0.625. The smallest absolute Gasteiger partial charge is 0.402 e. The Balaban J connectivity index is 5.63. The molecule has 8 heteroatoms. The number of carboxylic acids is 1. The normalized spacial score (nSPS) is 16.5. The second-order valence-corrected chi connectivity index (χ2v) is 5.11. The largest absolute Gasteiger partial charge is 0.542 e. The maximum absolute atomic E-state index is 11.1. The fourth-order valence-corrected chi connectivity index (χ4v) is 1.89. The van der Waals surface area contributed by atoms with Crippen molar-refractivity contribution in [1.29, 1.82) is 0 Å². The lowest BCUT2D eigenvalue weighted by atomic mass is 10.1. The zero-order valence-corrected chi connectivity index (χ0v) is 10.2. The third kappa shape index (κ3) is 3.27. The molecule has 0 amide bonds. The Morgan fingerprint density at radius 3 is 2.19 bits per heavy atom. The van der Waals surface area contributed by atoms with Crippen LogP contribution in [0.25, 0.3) is 0 Å². The van der Waals surface area contributed by atoms with Gasteiger partial charge in [-0.1, -0.05) is 6.08 Å². The molecule has 1 N–H and O–H groups in total. The summed E-state index contributed by atoms with van der Waals surface area (Å²) < 4.78 is 33.8. The highest BCUT2D eigenvalue weighted by Gasteiger charge is 2.49. The van der Waals surface area contributed by atoms with Crippen molar-refractivity contribution < 1.29 is 31.5 Å². The first-order chi connectivity index (χ1) is 6.96. The molecule has 1 atom stereocenters. The van der Waals surface area contributed by atoms with Gasteiger partial charge in [0.15, 0.2) is 0 Å². The van der Waals surface area contributed by atoms with Crippen LogP contribution in [0.1, 0.15) is 6.42 Å². The number of carboxylic acid groups (broad SMARTS) is 1. The molecule has 16 heavy (non-hydrogen) atoms. The SMILES string of the molecule is C=CCC(OS(=O)(=O)O)(C(=O)[O-])[N+](C)(C)C. The quantitative estimate of drug-likeness (QED) is 0.268. The van der Waals surface area contributed by atoms with Crippen molar-refractivity contribution >= 4 is 16.4 Å². The van der Waals surface area contributed by atoms with Crippen LogP contribution in [0.3, 0.4) is 0 Å². The van der Waals surface area contributed by atoms with Crippen LogP contribution in [-0.4, -0.2) is 50.3 Å². The van der Waals surface area contributed by atoms with Crippen molar-refractivity contribution in [2.45, 2.75) is 12.1 Å². The molecule has 0 heterocycles. The van der Waals surface area contributed by atoms with Crippen molar-refractivity contribution in [3.05, 3.63) is 12.7 Å². The minimum absolute atomic E-state index is 0.335. The number of carbonyl (C=O) groups is 1. The molecule has 0 aliphatic rings. The molecule has 0 aliphatic carbocycles. The van der Waals surface area contributed by atoms with Crippen LogP contribution >= 0.6 is 0 Å². The van der Waals surface area contributed by atoms with Gasteiger partial charge in [-0.2, -0.15) is 12.6 Å². The minimum Gasteiger partial charge on any atom is -0.542 e. The van der Waals surface area contributed by atoms with Crippen LogP contribution in [0, 0.1) is 0 Å². The highest BCUT2D eigenvalue weighted by molar-refractivity contribution is 7.81. The van der Waals surface area contributed by atoms with E-state index in [0.717, 1.165) is 0 Å². The predicted molar refractivity (Wildman–Crippen MR) is 53.2 cm³/mol. The van der Waals surface area contributed by atoms with Gasteiger partial charge in [0.2, 0.25) is 0 Å². The maximum atomic E-state index is 11.1. The Kier molecular flexibility index (Phi) is 4.23. The van der Waals surface area contributed by atoms with Crippen LogP contribution in [0.15, 0.2) is 12.7 Å². The summed E-state index contributed by atoms with van der Waals surface area (Å²) in [6, 6.07) is 0.